The molecule has 3 N–H and O–H groups in total. The average Bonchev–Trinajstić information content (AvgIpc) is 2.38. The topological polar surface area (TPSA) is 46.2 Å². The van der Waals surface area contributed by atoms with E-state index in [1.165, 1.54) is 25.7 Å². The molecule has 0 spiro atoms. The second-order valence-corrected chi connectivity index (χ2v) is 3.22. The molecular formula is C8H17NO. The molecule has 0 bridgehead atoms. The van der Waals surface area contributed by atoms with E-state index in [-0.39, 0.29) is 12.6 Å². The van der Waals surface area contributed by atoms with Crippen molar-refractivity contribution >= 4 is 0 Å². The van der Waals surface area contributed by atoms with Crippen LogP contribution >= 0.6 is 0 Å². The van der Waals surface area contributed by atoms with E-state index in [4.69, 9.17) is 10.8 Å². The first-order valence-electron chi connectivity index (χ1n) is 4.21. The van der Waals surface area contributed by atoms with E-state index in [0.29, 0.717) is 5.92 Å². The minimum atomic E-state index is 0.248. The van der Waals surface area contributed by atoms with Crippen molar-refractivity contribution in [1.82, 2.24) is 0 Å². The van der Waals surface area contributed by atoms with Crippen LogP contribution < -0.4 is 5.73 Å². The summed E-state index contributed by atoms with van der Waals surface area (Å²) in [6, 6.07) is 0.257. The van der Waals surface area contributed by atoms with Crippen LogP contribution in [0.5, 0.6) is 0 Å². The normalized spacial score (nSPS) is 23.4. The van der Waals surface area contributed by atoms with Crippen LogP contribution in [0.25, 0.3) is 0 Å². The molecule has 0 aromatic rings. The van der Waals surface area contributed by atoms with Crippen LogP contribution in [0.4, 0.5) is 0 Å². The number of aliphatic hydroxyl groups is 1. The molecule has 1 rings (SSSR count). The largest absolute Gasteiger partial charge is 0.396 e. The summed E-state index contributed by atoms with van der Waals surface area (Å²) < 4.78 is 0. The lowest BCUT2D eigenvalue weighted by Gasteiger charge is -2.16. The molecule has 0 aromatic heterocycles. The second kappa shape index (κ2) is 3.94. The van der Waals surface area contributed by atoms with Crippen molar-refractivity contribution in [2.24, 2.45) is 11.7 Å². The Morgan fingerprint density at radius 2 is 2.00 bits per heavy atom. The third-order valence-electron chi connectivity index (χ3n) is 2.47. The van der Waals surface area contributed by atoms with Crippen molar-refractivity contribution in [2.75, 3.05) is 6.61 Å². The Morgan fingerprint density at radius 1 is 1.40 bits per heavy atom. The van der Waals surface area contributed by atoms with Gasteiger partial charge in [-0.15, -0.1) is 0 Å². The van der Waals surface area contributed by atoms with Gasteiger partial charge in [0.25, 0.3) is 0 Å². The zero-order chi connectivity index (χ0) is 7.40. The van der Waals surface area contributed by atoms with Crippen molar-refractivity contribution in [3.8, 4) is 0 Å². The number of nitrogens with two attached hydrogens (primary N) is 1. The lowest BCUT2D eigenvalue weighted by molar-refractivity contribution is 0.255. The second-order valence-electron chi connectivity index (χ2n) is 3.22. The molecule has 0 heterocycles. The highest BCUT2D eigenvalue weighted by Crippen LogP contribution is 2.27. The van der Waals surface area contributed by atoms with Crippen LogP contribution in [-0.2, 0) is 0 Å². The van der Waals surface area contributed by atoms with Gasteiger partial charge in [-0.1, -0.05) is 12.8 Å². The summed E-state index contributed by atoms with van der Waals surface area (Å²) in [5, 5.41) is 8.62. The molecule has 10 heavy (non-hydrogen) atoms. The molecule has 0 radical (unpaired) electrons. The van der Waals surface area contributed by atoms with Gasteiger partial charge in [0.2, 0.25) is 0 Å². The zero-order valence-corrected chi connectivity index (χ0v) is 6.42. The fraction of sp³-hybridized carbons (Fsp3) is 1.00. The lowest BCUT2D eigenvalue weighted by atomic mass is 9.97. The van der Waals surface area contributed by atoms with Gasteiger partial charge in [0.15, 0.2) is 0 Å². The summed E-state index contributed by atoms with van der Waals surface area (Å²) in [5.74, 6) is 0.701. The van der Waals surface area contributed by atoms with E-state index in [2.05, 4.69) is 0 Å². The predicted octanol–water partition coefficient (Wildman–Crippen LogP) is 0.886. The van der Waals surface area contributed by atoms with Gasteiger partial charge in [-0.2, -0.15) is 0 Å². The first kappa shape index (κ1) is 8.02. The van der Waals surface area contributed by atoms with Gasteiger partial charge in [0, 0.05) is 12.6 Å². The van der Waals surface area contributed by atoms with Gasteiger partial charge in [0.1, 0.15) is 0 Å². The van der Waals surface area contributed by atoms with Crippen molar-refractivity contribution in [3.05, 3.63) is 0 Å². The molecule has 0 saturated heterocycles. The maximum atomic E-state index is 8.62. The van der Waals surface area contributed by atoms with Gasteiger partial charge >= 0.3 is 0 Å². The number of hydrogen-bond acceptors (Lipinski definition) is 2. The van der Waals surface area contributed by atoms with Crippen LogP contribution in [0.3, 0.4) is 0 Å². The van der Waals surface area contributed by atoms with Crippen LogP contribution in [-0.4, -0.2) is 17.8 Å². The molecule has 2 heteroatoms. The fourth-order valence-corrected chi connectivity index (χ4v) is 1.77. The molecule has 1 aliphatic rings. The molecular weight excluding hydrogens is 126 g/mol. The summed E-state index contributed by atoms with van der Waals surface area (Å²) in [6.07, 6.45) is 6.01. The van der Waals surface area contributed by atoms with E-state index in [0.717, 1.165) is 6.42 Å². The molecule has 1 aliphatic carbocycles. The maximum Gasteiger partial charge on any atom is 0.0445 e. The quantitative estimate of drug-likeness (QED) is 0.616. The van der Waals surface area contributed by atoms with Gasteiger partial charge in [-0.25, -0.2) is 0 Å². The molecule has 1 saturated carbocycles. The third-order valence-corrected chi connectivity index (χ3v) is 2.47. The highest BCUT2D eigenvalue weighted by molar-refractivity contribution is 4.77. The highest BCUT2D eigenvalue weighted by Gasteiger charge is 2.20. The predicted molar refractivity (Wildman–Crippen MR) is 41.6 cm³/mol. The van der Waals surface area contributed by atoms with E-state index >= 15 is 0 Å². The third kappa shape index (κ3) is 1.96. The van der Waals surface area contributed by atoms with E-state index in [1.807, 2.05) is 0 Å². The highest BCUT2D eigenvalue weighted by atomic mass is 16.3. The first-order chi connectivity index (χ1) is 4.84. The van der Waals surface area contributed by atoms with Crippen LogP contribution in [0.2, 0.25) is 0 Å². The smallest absolute Gasteiger partial charge is 0.0445 e. The van der Waals surface area contributed by atoms with Gasteiger partial charge in [-0.3, -0.25) is 0 Å². The van der Waals surface area contributed by atoms with Crippen molar-refractivity contribution < 1.29 is 5.11 Å². The summed E-state index contributed by atoms with van der Waals surface area (Å²) in [7, 11) is 0. The zero-order valence-electron chi connectivity index (χ0n) is 6.42. The Hall–Kier alpha value is -0.0800. The van der Waals surface area contributed by atoms with Crippen LogP contribution in [0, 0.1) is 5.92 Å². The van der Waals surface area contributed by atoms with E-state index < -0.39 is 0 Å². The Bertz CT molecular complexity index is 89.3. The molecule has 0 aliphatic heterocycles. The van der Waals surface area contributed by atoms with Crippen molar-refractivity contribution in [1.29, 1.82) is 0 Å². The molecule has 1 atom stereocenters. The Labute approximate surface area is 62.4 Å². The Balaban J connectivity index is 2.18. The standard InChI is InChI=1S/C8H17NO/c9-8(5-6-10)7-3-1-2-4-7/h7-8,10H,1-6,9H2/t8-/m1/s1. The number of hydrogen-bond donors (Lipinski definition) is 2. The van der Waals surface area contributed by atoms with E-state index in [9.17, 15) is 0 Å². The summed E-state index contributed by atoms with van der Waals surface area (Å²) >= 11 is 0. The van der Waals surface area contributed by atoms with Gasteiger partial charge in [0.05, 0.1) is 0 Å². The molecule has 2 nitrogen and oxygen atoms in total. The van der Waals surface area contributed by atoms with Crippen LogP contribution in [0.15, 0.2) is 0 Å². The monoisotopic (exact) mass is 143 g/mol. The van der Waals surface area contributed by atoms with Crippen molar-refractivity contribution in [2.45, 2.75) is 38.1 Å². The number of rotatable bonds is 3. The minimum absolute atomic E-state index is 0.248. The lowest BCUT2D eigenvalue weighted by Crippen LogP contribution is -2.29. The molecule has 0 aromatic carbocycles. The Kier molecular flexibility index (Phi) is 3.16. The van der Waals surface area contributed by atoms with Crippen molar-refractivity contribution in [3.63, 3.8) is 0 Å². The molecule has 0 amide bonds. The summed E-state index contributed by atoms with van der Waals surface area (Å²) in [4.78, 5) is 0. The van der Waals surface area contributed by atoms with Gasteiger partial charge < -0.3 is 10.8 Å². The van der Waals surface area contributed by atoms with Gasteiger partial charge in [-0.05, 0) is 25.2 Å². The molecule has 0 unspecified atom stereocenters. The first-order valence-corrected chi connectivity index (χ1v) is 4.21. The molecule has 60 valence electrons. The fourth-order valence-electron chi connectivity index (χ4n) is 1.77. The summed E-state index contributed by atoms with van der Waals surface area (Å²) in [6.45, 7) is 0.248. The minimum Gasteiger partial charge on any atom is -0.396 e. The van der Waals surface area contributed by atoms with E-state index in [1.54, 1.807) is 0 Å². The summed E-state index contributed by atoms with van der Waals surface area (Å²) in [5.41, 5.74) is 5.83. The SMILES string of the molecule is N[C@H](CCO)C1CCCC1. The number of aliphatic hydroxyl groups excluding tert-OH is 1. The van der Waals surface area contributed by atoms with Crippen LogP contribution in [0.1, 0.15) is 32.1 Å². The average molecular weight is 143 g/mol. The maximum absolute atomic E-state index is 8.62. The Morgan fingerprint density at radius 3 is 2.50 bits per heavy atom. The molecule has 1 fully saturated rings.